The summed E-state index contributed by atoms with van der Waals surface area (Å²) in [5.74, 6) is -0.205. The largest absolute Gasteiger partial charge is 0.395 e. The van der Waals surface area contributed by atoms with Crippen LogP contribution < -0.4 is 0 Å². The van der Waals surface area contributed by atoms with Crippen molar-refractivity contribution >= 4 is 22.7 Å². The lowest BCUT2D eigenvalue weighted by Gasteiger charge is -2.35. The van der Waals surface area contributed by atoms with E-state index in [2.05, 4.69) is 9.88 Å². The van der Waals surface area contributed by atoms with Gasteiger partial charge in [-0.1, -0.05) is 18.2 Å². The number of aromatic amines is 1. The maximum absolute atomic E-state index is 12.7. The Bertz CT molecular complexity index is 750. The van der Waals surface area contributed by atoms with Gasteiger partial charge in [-0.3, -0.25) is 14.5 Å². The summed E-state index contributed by atoms with van der Waals surface area (Å²) in [6, 6.07) is 7.62. The van der Waals surface area contributed by atoms with Crippen LogP contribution in [0.1, 0.15) is 10.4 Å². The minimum absolute atomic E-state index is 0.0423. The normalized spacial score (nSPS) is 15.5. The van der Waals surface area contributed by atoms with Gasteiger partial charge >= 0.3 is 0 Å². The molecule has 7 nitrogen and oxygen atoms in total. The number of amides is 2. The van der Waals surface area contributed by atoms with Crippen molar-refractivity contribution in [2.45, 2.75) is 0 Å². The van der Waals surface area contributed by atoms with Gasteiger partial charge in [0.05, 0.1) is 18.7 Å². The molecule has 25 heavy (non-hydrogen) atoms. The standard InChI is InChI=1S/C18H24N4O3/c1-20(13-17(24)22-8-6-21(7-9-22)10-11-23)18(25)15-12-19-16-5-3-2-4-14(15)16/h2-5,12,19,23H,6-11,13H2,1H3. The molecule has 1 fully saturated rings. The molecule has 2 aromatic rings. The monoisotopic (exact) mass is 344 g/mol. The van der Waals surface area contributed by atoms with Gasteiger partial charge in [-0.25, -0.2) is 0 Å². The Morgan fingerprint density at radius 2 is 1.92 bits per heavy atom. The number of hydrogen-bond donors (Lipinski definition) is 2. The first-order valence-corrected chi connectivity index (χ1v) is 8.52. The van der Waals surface area contributed by atoms with Crippen LogP contribution in [0, 0.1) is 0 Å². The fourth-order valence-electron chi connectivity index (χ4n) is 3.19. The zero-order chi connectivity index (χ0) is 17.8. The Kier molecular flexibility index (Phi) is 5.35. The maximum Gasteiger partial charge on any atom is 0.256 e. The number of aliphatic hydroxyl groups is 1. The zero-order valence-corrected chi connectivity index (χ0v) is 14.4. The number of rotatable bonds is 5. The fourth-order valence-corrected chi connectivity index (χ4v) is 3.19. The highest BCUT2D eigenvalue weighted by Gasteiger charge is 2.24. The number of aromatic nitrogens is 1. The van der Waals surface area contributed by atoms with E-state index in [1.807, 2.05) is 24.3 Å². The summed E-state index contributed by atoms with van der Waals surface area (Å²) in [5.41, 5.74) is 1.49. The summed E-state index contributed by atoms with van der Waals surface area (Å²) in [5, 5.41) is 9.84. The zero-order valence-electron chi connectivity index (χ0n) is 14.4. The molecule has 1 aromatic heterocycles. The van der Waals surface area contributed by atoms with Crippen molar-refractivity contribution in [3.05, 3.63) is 36.0 Å². The predicted octanol–water partition coefficient (Wildman–Crippen LogP) is 0.376. The van der Waals surface area contributed by atoms with E-state index in [4.69, 9.17) is 5.11 Å². The second-order valence-corrected chi connectivity index (χ2v) is 6.36. The smallest absolute Gasteiger partial charge is 0.256 e. The molecule has 1 aliphatic heterocycles. The van der Waals surface area contributed by atoms with Crippen molar-refractivity contribution in [2.75, 3.05) is 52.9 Å². The summed E-state index contributed by atoms with van der Waals surface area (Å²) < 4.78 is 0. The Hall–Kier alpha value is -2.38. The minimum atomic E-state index is -0.162. The third-order valence-corrected chi connectivity index (χ3v) is 4.68. The number of H-pyrrole nitrogens is 1. The summed E-state index contributed by atoms with van der Waals surface area (Å²) in [7, 11) is 1.66. The van der Waals surface area contributed by atoms with E-state index in [0.717, 1.165) is 24.0 Å². The van der Waals surface area contributed by atoms with E-state index in [9.17, 15) is 9.59 Å². The van der Waals surface area contributed by atoms with E-state index < -0.39 is 0 Å². The number of nitrogens with one attached hydrogen (secondary N) is 1. The number of β-amino-alcohol motifs (C(OH)–C–C–N with tert-alkyl or cyclic N) is 1. The molecule has 1 saturated heterocycles. The summed E-state index contributed by atoms with van der Waals surface area (Å²) in [4.78, 5) is 33.6. The van der Waals surface area contributed by atoms with Crippen molar-refractivity contribution in [3.8, 4) is 0 Å². The number of benzene rings is 1. The second kappa shape index (κ2) is 7.67. The molecule has 0 saturated carbocycles. The van der Waals surface area contributed by atoms with Gasteiger partial charge in [0.15, 0.2) is 0 Å². The van der Waals surface area contributed by atoms with E-state index in [-0.39, 0.29) is 25.0 Å². The van der Waals surface area contributed by atoms with Gasteiger partial charge in [-0.05, 0) is 6.07 Å². The number of carbonyl (C=O) groups is 2. The van der Waals surface area contributed by atoms with Crippen LogP contribution >= 0.6 is 0 Å². The van der Waals surface area contributed by atoms with Gasteiger partial charge in [0.25, 0.3) is 5.91 Å². The predicted molar refractivity (Wildman–Crippen MR) is 95.4 cm³/mol. The van der Waals surface area contributed by atoms with Crippen LogP contribution in [0.4, 0.5) is 0 Å². The number of fused-ring (bicyclic) bond motifs is 1. The van der Waals surface area contributed by atoms with Crippen LogP contribution in [-0.2, 0) is 4.79 Å². The second-order valence-electron chi connectivity index (χ2n) is 6.36. The van der Waals surface area contributed by atoms with E-state index in [1.54, 1.807) is 18.1 Å². The van der Waals surface area contributed by atoms with Gasteiger partial charge in [0, 0.05) is 56.9 Å². The van der Waals surface area contributed by atoms with E-state index >= 15 is 0 Å². The molecule has 2 amide bonds. The molecule has 0 bridgehead atoms. The highest BCUT2D eigenvalue weighted by atomic mass is 16.3. The quantitative estimate of drug-likeness (QED) is 0.822. The molecule has 1 aliphatic rings. The van der Waals surface area contributed by atoms with Crippen LogP contribution in [0.3, 0.4) is 0 Å². The third-order valence-electron chi connectivity index (χ3n) is 4.68. The molecular weight excluding hydrogens is 320 g/mol. The van der Waals surface area contributed by atoms with Gasteiger partial charge in [-0.2, -0.15) is 0 Å². The summed E-state index contributed by atoms with van der Waals surface area (Å²) in [6.45, 7) is 3.62. The molecule has 134 valence electrons. The number of carbonyl (C=O) groups excluding carboxylic acids is 2. The average Bonchev–Trinajstić information content (AvgIpc) is 3.06. The van der Waals surface area contributed by atoms with Crippen LogP contribution in [0.2, 0.25) is 0 Å². The first-order valence-electron chi connectivity index (χ1n) is 8.52. The number of aliphatic hydroxyl groups excluding tert-OH is 1. The first-order chi connectivity index (χ1) is 12.1. The van der Waals surface area contributed by atoms with E-state index in [1.165, 1.54) is 4.90 Å². The lowest BCUT2D eigenvalue weighted by Crippen LogP contribution is -2.51. The van der Waals surface area contributed by atoms with Gasteiger partial charge in [-0.15, -0.1) is 0 Å². The minimum Gasteiger partial charge on any atom is -0.395 e. The van der Waals surface area contributed by atoms with Crippen LogP contribution in [0.25, 0.3) is 10.9 Å². The number of nitrogens with zero attached hydrogens (tertiary/aromatic N) is 3. The van der Waals surface area contributed by atoms with Crippen LogP contribution in [0.5, 0.6) is 0 Å². The third kappa shape index (κ3) is 3.83. The maximum atomic E-state index is 12.7. The number of hydrogen-bond acceptors (Lipinski definition) is 4. The topological polar surface area (TPSA) is 79.9 Å². The van der Waals surface area contributed by atoms with Gasteiger partial charge < -0.3 is 19.9 Å². The Labute approximate surface area is 146 Å². The highest BCUT2D eigenvalue weighted by molar-refractivity contribution is 6.07. The summed E-state index contributed by atoms with van der Waals surface area (Å²) >= 11 is 0. The SMILES string of the molecule is CN(CC(=O)N1CCN(CCO)CC1)C(=O)c1c[nH]c2ccccc12. The van der Waals surface area contributed by atoms with Crippen molar-refractivity contribution in [1.29, 1.82) is 0 Å². The molecule has 0 atom stereocenters. The molecule has 3 rings (SSSR count). The van der Waals surface area contributed by atoms with Crippen LogP contribution in [0.15, 0.2) is 30.5 Å². The Balaban J connectivity index is 1.59. The fraction of sp³-hybridized carbons (Fsp3) is 0.444. The lowest BCUT2D eigenvalue weighted by atomic mass is 10.1. The average molecular weight is 344 g/mol. The molecule has 0 aliphatic carbocycles. The number of piperazine rings is 1. The molecule has 2 heterocycles. The highest BCUT2D eigenvalue weighted by Crippen LogP contribution is 2.19. The van der Waals surface area contributed by atoms with Crippen molar-refractivity contribution < 1.29 is 14.7 Å². The number of likely N-dealkylation sites (N-methyl/N-ethyl adjacent to an activating group) is 1. The molecule has 2 N–H and O–H groups in total. The molecular formula is C18H24N4O3. The molecule has 7 heteroatoms. The lowest BCUT2D eigenvalue weighted by molar-refractivity contribution is -0.133. The van der Waals surface area contributed by atoms with Gasteiger partial charge in [0.2, 0.25) is 5.91 Å². The Morgan fingerprint density at radius 1 is 1.20 bits per heavy atom. The van der Waals surface area contributed by atoms with Crippen molar-refractivity contribution in [1.82, 2.24) is 19.7 Å². The number of para-hydroxylation sites is 1. The van der Waals surface area contributed by atoms with Crippen LogP contribution in [-0.4, -0.2) is 89.5 Å². The molecule has 1 aromatic carbocycles. The summed E-state index contributed by atoms with van der Waals surface area (Å²) in [6.07, 6.45) is 1.70. The molecule has 0 unspecified atom stereocenters. The van der Waals surface area contributed by atoms with E-state index in [0.29, 0.717) is 25.2 Å². The molecule has 0 radical (unpaired) electrons. The van der Waals surface area contributed by atoms with Crippen molar-refractivity contribution in [3.63, 3.8) is 0 Å². The first kappa shape index (κ1) is 17.4. The van der Waals surface area contributed by atoms with Crippen molar-refractivity contribution in [2.24, 2.45) is 0 Å². The Morgan fingerprint density at radius 3 is 2.64 bits per heavy atom. The molecule has 0 spiro atoms. The van der Waals surface area contributed by atoms with Gasteiger partial charge in [0.1, 0.15) is 0 Å².